The molecule has 0 atom stereocenters. The van der Waals surface area contributed by atoms with Crippen LogP contribution in [0.5, 0.6) is 11.5 Å². The van der Waals surface area contributed by atoms with E-state index in [1.54, 1.807) is 24.5 Å². The Morgan fingerprint density at radius 2 is 1.68 bits per heavy atom. The Kier molecular flexibility index (Phi) is 5.23. The molecule has 0 aliphatic rings. The van der Waals surface area contributed by atoms with Gasteiger partial charge in [0.05, 0.1) is 4.92 Å². The summed E-state index contributed by atoms with van der Waals surface area (Å²) in [5.41, 5.74) is -0.313. The molecule has 0 saturated heterocycles. The highest BCUT2D eigenvalue weighted by molar-refractivity contribution is 7.92. The summed E-state index contributed by atoms with van der Waals surface area (Å²) < 4.78 is 46.8. The molecule has 10 heteroatoms. The number of aromatic nitrogens is 1. The lowest BCUT2D eigenvalue weighted by Gasteiger charge is -2.11. The monoisotopic (exact) mass is 403 g/mol. The molecular weight excluding hydrogens is 389 g/mol. The van der Waals surface area contributed by atoms with Crippen LogP contribution < -0.4 is 9.46 Å². The van der Waals surface area contributed by atoms with E-state index in [0.29, 0.717) is 17.6 Å². The summed E-state index contributed by atoms with van der Waals surface area (Å²) in [6.07, 6.45) is 3.13. The molecule has 3 aromatic rings. The maximum absolute atomic E-state index is 14.1. The average molecular weight is 403 g/mol. The van der Waals surface area contributed by atoms with E-state index in [9.17, 15) is 22.9 Å². The zero-order chi connectivity index (χ0) is 20.3. The van der Waals surface area contributed by atoms with Crippen molar-refractivity contribution in [1.82, 2.24) is 4.98 Å². The van der Waals surface area contributed by atoms with Gasteiger partial charge < -0.3 is 4.74 Å². The van der Waals surface area contributed by atoms with E-state index in [1.165, 1.54) is 31.2 Å². The second kappa shape index (κ2) is 7.61. The van der Waals surface area contributed by atoms with Crippen molar-refractivity contribution in [3.05, 3.63) is 82.4 Å². The molecular formula is C18H14FN3O5S. The summed E-state index contributed by atoms with van der Waals surface area (Å²) in [6, 6.07) is 10.7. The van der Waals surface area contributed by atoms with Crippen molar-refractivity contribution in [2.45, 2.75) is 11.8 Å². The Labute approximate surface area is 159 Å². The van der Waals surface area contributed by atoms with E-state index < -0.39 is 31.3 Å². The zero-order valence-corrected chi connectivity index (χ0v) is 15.3. The van der Waals surface area contributed by atoms with Crippen molar-refractivity contribution in [3.63, 3.8) is 0 Å². The molecule has 1 aromatic heterocycles. The van der Waals surface area contributed by atoms with Crippen LogP contribution in [0.2, 0.25) is 0 Å². The molecule has 0 radical (unpaired) electrons. The molecule has 144 valence electrons. The van der Waals surface area contributed by atoms with Crippen LogP contribution in [0.25, 0.3) is 0 Å². The van der Waals surface area contributed by atoms with Crippen molar-refractivity contribution in [1.29, 1.82) is 0 Å². The number of hydrogen-bond acceptors (Lipinski definition) is 6. The third kappa shape index (κ3) is 4.23. The minimum absolute atomic E-state index is 0.0269. The highest BCUT2D eigenvalue weighted by atomic mass is 32.2. The second-order valence-corrected chi connectivity index (χ2v) is 7.39. The highest BCUT2D eigenvalue weighted by Crippen LogP contribution is 2.28. The summed E-state index contributed by atoms with van der Waals surface area (Å²) in [6.45, 7) is 1.33. The van der Waals surface area contributed by atoms with E-state index in [4.69, 9.17) is 4.74 Å². The molecule has 0 bridgehead atoms. The van der Waals surface area contributed by atoms with E-state index in [2.05, 4.69) is 9.71 Å². The van der Waals surface area contributed by atoms with Crippen LogP contribution in [0.3, 0.4) is 0 Å². The van der Waals surface area contributed by atoms with Gasteiger partial charge in [0.2, 0.25) is 0 Å². The fourth-order valence-electron chi connectivity index (χ4n) is 2.39. The van der Waals surface area contributed by atoms with E-state index in [0.717, 1.165) is 6.07 Å². The molecule has 0 spiro atoms. The minimum Gasteiger partial charge on any atom is -0.457 e. The molecule has 2 aromatic carbocycles. The Bertz CT molecular complexity index is 1120. The van der Waals surface area contributed by atoms with Gasteiger partial charge >= 0.3 is 0 Å². The number of halogens is 1. The maximum atomic E-state index is 14.1. The second-order valence-electron chi connectivity index (χ2n) is 5.74. The number of pyridine rings is 1. The molecule has 1 N–H and O–H groups in total. The van der Waals surface area contributed by atoms with Crippen LogP contribution in [0.4, 0.5) is 15.8 Å². The number of aryl methyl sites for hydroxylation is 1. The number of anilines is 1. The number of nitrogens with one attached hydrogen (secondary N) is 1. The largest absolute Gasteiger partial charge is 0.457 e. The van der Waals surface area contributed by atoms with Crippen molar-refractivity contribution in [2.24, 2.45) is 0 Å². The Hall–Kier alpha value is -3.53. The van der Waals surface area contributed by atoms with Gasteiger partial charge in [-0.15, -0.1) is 0 Å². The molecule has 28 heavy (non-hydrogen) atoms. The molecule has 1 heterocycles. The molecule has 0 saturated carbocycles. The predicted octanol–water partition coefficient (Wildman–Crippen LogP) is 4.03. The van der Waals surface area contributed by atoms with Crippen LogP contribution in [0.1, 0.15) is 5.56 Å². The SMILES string of the molecule is Cc1cc(F)c(S(=O)(=O)Nc2ccc(Oc3ccncc3)cc2)cc1[N+](=O)[O-]. The van der Waals surface area contributed by atoms with Gasteiger partial charge in [-0.2, -0.15) is 0 Å². The number of nitro groups is 1. The number of ether oxygens (including phenoxy) is 1. The first kappa shape index (κ1) is 19.2. The smallest absolute Gasteiger partial charge is 0.273 e. The number of benzene rings is 2. The zero-order valence-electron chi connectivity index (χ0n) is 14.5. The fourth-order valence-corrected chi connectivity index (χ4v) is 3.53. The summed E-state index contributed by atoms with van der Waals surface area (Å²) in [4.78, 5) is 13.3. The number of sulfonamides is 1. The van der Waals surface area contributed by atoms with Gasteiger partial charge in [-0.3, -0.25) is 19.8 Å². The Morgan fingerprint density at radius 3 is 2.29 bits per heavy atom. The van der Waals surface area contributed by atoms with Gasteiger partial charge in [0.15, 0.2) is 0 Å². The number of nitro benzene ring substituents is 1. The summed E-state index contributed by atoms with van der Waals surface area (Å²) >= 11 is 0. The van der Waals surface area contributed by atoms with Gasteiger partial charge in [0, 0.05) is 29.7 Å². The predicted molar refractivity (Wildman–Crippen MR) is 99.4 cm³/mol. The van der Waals surface area contributed by atoms with Crippen molar-refractivity contribution in [2.75, 3.05) is 4.72 Å². The van der Waals surface area contributed by atoms with Gasteiger partial charge in [0.25, 0.3) is 15.7 Å². The first-order chi connectivity index (χ1) is 13.3. The number of rotatable bonds is 6. The standard InChI is InChI=1S/C18H14FN3O5S/c1-12-10-16(19)18(11-17(12)22(23)24)28(25,26)21-13-2-4-14(5-3-13)27-15-6-8-20-9-7-15/h2-11,21H,1H3. The fraction of sp³-hybridized carbons (Fsp3) is 0.0556. The molecule has 0 aliphatic heterocycles. The summed E-state index contributed by atoms with van der Waals surface area (Å²) in [5, 5.41) is 11.0. The lowest BCUT2D eigenvalue weighted by molar-refractivity contribution is -0.385. The van der Waals surface area contributed by atoms with Crippen LogP contribution >= 0.6 is 0 Å². The van der Waals surface area contributed by atoms with E-state index >= 15 is 0 Å². The molecule has 8 nitrogen and oxygen atoms in total. The topological polar surface area (TPSA) is 111 Å². The molecule has 0 amide bonds. The first-order valence-corrected chi connectivity index (χ1v) is 9.40. The van der Waals surface area contributed by atoms with Crippen molar-refractivity contribution >= 4 is 21.4 Å². The van der Waals surface area contributed by atoms with Crippen LogP contribution in [-0.2, 0) is 10.0 Å². The van der Waals surface area contributed by atoms with Crippen LogP contribution in [0, 0.1) is 22.9 Å². The van der Waals surface area contributed by atoms with Crippen LogP contribution in [-0.4, -0.2) is 18.3 Å². The van der Waals surface area contributed by atoms with E-state index in [1.807, 2.05) is 0 Å². The normalized spacial score (nSPS) is 11.1. The number of nitrogens with zero attached hydrogens (tertiary/aromatic N) is 2. The van der Waals surface area contributed by atoms with Crippen molar-refractivity contribution < 1.29 is 22.5 Å². The van der Waals surface area contributed by atoms with Gasteiger partial charge in [-0.25, -0.2) is 12.8 Å². The first-order valence-electron chi connectivity index (χ1n) is 7.91. The van der Waals surface area contributed by atoms with Gasteiger partial charge in [-0.1, -0.05) is 0 Å². The average Bonchev–Trinajstić information content (AvgIpc) is 2.63. The quantitative estimate of drug-likeness (QED) is 0.491. The van der Waals surface area contributed by atoms with Gasteiger partial charge in [-0.05, 0) is 49.4 Å². The lowest BCUT2D eigenvalue weighted by Crippen LogP contribution is -2.15. The summed E-state index contributed by atoms with van der Waals surface area (Å²) in [5.74, 6) is -0.0723. The highest BCUT2D eigenvalue weighted by Gasteiger charge is 2.25. The Balaban J connectivity index is 1.83. The third-order valence-corrected chi connectivity index (χ3v) is 5.12. The third-order valence-electron chi connectivity index (χ3n) is 3.73. The van der Waals surface area contributed by atoms with Crippen LogP contribution in [0.15, 0.2) is 65.8 Å². The summed E-state index contributed by atoms with van der Waals surface area (Å²) in [7, 11) is -4.37. The maximum Gasteiger partial charge on any atom is 0.273 e. The Morgan fingerprint density at radius 1 is 1.07 bits per heavy atom. The number of hydrogen-bond donors (Lipinski definition) is 1. The van der Waals surface area contributed by atoms with E-state index in [-0.39, 0.29) is 11.3 Å². The van der Waals surface area contributed by atoms with Crippen molar-refractivity contribution in [3.8, 4) is 11.5 Å². The molecule has 0 aliphatic carbocycles. The molecule has 3 rings (SSSR count). The minimum atomic E-state index is -4.37. The molecule has 0 unspecified atom stereocenters. The van der Waals surface area contributed by atoms with Gasteiger partial charge in [0.1, 0.15) is 22.2 Å². The lowest BCUT2D eigenvalue weighted by atomic mass is 10.2. The molecule has 0 fully saturated rings.